The van der Waals surface area contributed by atoms with Gasteiger partial charge in [0.25, 0.3) is 0 Å². The Labute approximate surface area is 92.4 Å². The molecule has 0 radical (unpaired) electrons. The molecule has 0 saturated carbocycles. The molecule has 0 spiro atoms. The van der Waals surface area contributed by atoms with E-state index in [2.05, 4.69) is 10.1 Å². The van der Waals surface area contributed by atoms with E-state index in [0.29, 0.717) is 5.56 Å². The molecule has 0 aliphatic carbocycles. The molecule has 0 bridgehead atoms. The lowest BCUT2D eigenvalue weighted by molar-refractivity contribution is -0.114. The number of aryl methyl sites for hydroxylation is 1. The van der Waals surface area contributed by atoms with Crippen molar-refractivity contribution in [3.63, 3.8) is 0 Å². The van der Waals surface area contributed by atoms with Gasteiger partial charge in [-0.3, -0.25) is 4.79 Å². The minimum absolute atomic E-state index is 0.152. The van der Waals surface area contributed by atoms with Crippen molar-refractivity contribution in [2.45, 2.75) is 13.8 Å². The Kier molecular flexibility index (Phi) is 3.60. The topological polar surface area (TPSA) is 55.4 Å². The molecule has 16 heavy (non-hydrogen) atoms. The number of carbonyl (C=O) groups is 2. The molecule has 86 valence electrons. The number of carbonyl (C=O) groups excluding carboxylic acids is 2. The van der Waals surface area contributed by atoms with E-state index < -0.39 is 11.8 Å². The molecule has 1 N–H and O–H groups in total. The molecule has 5 heteroatoms. The fourth-order valence-corrected chi connectivity index (χ4v) is 1.32. The minimum atomic E-state index is -0.815. The summed E-state index contributed by atoms with van der Waals surface area (Å²) in [5, 5.41) is 2.42. The monoisotopic (exact) mass is 225 g/mol. The summed E-state index contributed by atoms with van der Waals surface area (Å²) in [7, 11) is 1.15. The van der Waals surface area contributed by atoms with Crippen LogP contribution in [0.15, 0.2) is 12.1 Å². The number of hydrogen-bond acceptors (Lipinski definition) is 3. The number of benzene rings is 1. The van der Waals surface area contributed by atoms with Crippen molar-refractivity contribution in [1.29, 1.82) is 0 Å². The van der Waals surface area contributed by atoms with Crippen LogP contribution in [-0.2, 0) is 9.53 Å². The maximum atomic E-state index is 13.5. The van der Waals surface area contributed by atoms with Crippen LogP contribution in [0.25, 0.3) is 0 Å². The van der Waals surface area contributed by atoms with Crippen molar-refractivity contribution < 1.29 is 18.7 Å². The Hall–Kier alpha value is -1.91. The highest BCUT2D eigenvalue weighted by Gasteiger charge is 2.19. The van der Waals surface area contributed by atoms with Gasteiger partial charge in [-0.2, -0.15) is 0 Å². The Morgan fingerprint density at radius 3 is 2.50 bits per heavy atom. The van der Waals surface area contributed by atoms with Gasteiger partial charge in [0.15, 0.2) is 0 Å². The molecule has 0 saturated heterocycles. The summed E-state index contributed by atoms with van der Waals surface area (Å²) in [4.78, 5) is 22.3. The predicted octanol–water partition coefficient (Wildman–Crippen LogP) is 1.88. The highest BCUT2D eigenvalue weighted by Crippen LogP contribution is 2.24. The van der Waals surface area contributed by atoms with Crippen molar-refractivity contribution in [2.75, 3.05) is 12.4 Å². The maximum Gasteiger partial charge on any atom is 0.343 e. The number of halogens is 1. The van der Waals surface area contributed by atoms with Gasteiger partial charge in [-0.15, -0.1) is 0 Å². The van der Waals surface area contributed by atoms with E-state index in [0.717, 1.165) is 13.2 Å². The maximum absolute atomic E-state index is 13.5. The molecule has 1 aromatic carbocycles. The third kappa shape index (κ3) is 2.36. The predicted molar refractivity (Wildman–Crippen MR) is 56.8 cm³/mol. The van der Waals surface area contributed by atoms with E-state index in [1.165, 1.54) is 13.0 Å². The van der Waals surface area contributed by atoms with Gasteiger partial charge in [-0.05, 0) is 18.6 Å². The third-order valence-corrected chi connectivity index (χ3v) is 2.05. The van der Waals surface area contributed by atoms with Gasteiger partial charge in [0, 0.05) is 6.92 Å². The molecular formula is C11H12FNO3. The van der Waals surface area contributed by atoms with Gasteiger partial charge >= 0.3 is 5.97 Å². The fourth-order valence-electron chi connectivity index (χ4n) is 1.32. The second kappa shape index (κ2) is 4.74. The minimum Gasteiger partial charge on any atom is -0.465 e. The van der Waals surface area contributed by atoms with Crippen LogP contribution in [0.1, 0.15) is 22.8 Å². The number of anilines is 1. The molecule has 0 aliphatic rings. The first-order chi connectivity index (χ1) is 7.47. The van der Waals surface area contributed by atoms with Crippen LogP contribution in [0.3, 0.4) is 0 Å². The van der Waals surface area contributed by atoms with E-state index in [1.807, 2.05) is 0 Å². The summed E-state index contributed by atoms with van der Waals surface area (Å²) in [6, 6.07) is 2.64. The number of methoxy groups -OCH3 is 1. The van der Waals surface area contributed by atoms with E-state index in [-0.39, 0.29) is 17.2 Å². The van der Waals surface area contributed by atoms with E-state index >= 15 is 0 Å². The zero-order valence-electron chi connectivity index (χ0n) is 9.26. The van der Waals surface area contributed by atoms with Crippen LogP contribution < -0.4 is 5.32 Å². The average molecular weight is 225 g/mol. The number of nitrogens with one attached hydrogen (secondary N) is 1. The quantitative estimate of drug-likeness (QED) is 0.782. The Bertz CT molecular complexity index is 443. The molecular weight excluding hydrogens is 213 g/mol. The van der Waals surface area contributed by atoms with Gasteiger partial charge in [-0.25, -0.2) is 9.18 Å². The van der Waals surface area contributed by atoms with Gasteiger partial charge in [0.1, 0.15) is 11.4 Å². The smallest absolute Gasteiger partial charge is 0.343 e. The lowest BCUT2D eigenvalue weighted by atomic mass is 10.1. The molecule has 4 nitrogen and oxygen atoms in total. The summed E-state index contributed by atoms with van der Waals surface area (Å²) in [6.45, 7) is 2.95. The Balaban J connectivity index is 3.36. The van der Waals surface area contributed by atoms with Gasteiger partial charge in [0.05, 0.1) is 12.8 Å². The first kappa shape index (κ1) is 12.2. The molecule has 0 heterocycles. The number of amides is 1. The van der Waals surface area contributed by atoms with Crippen LogP contribution in [0.4, 0.5) is 10.1 Å². The highest BCUT2D eigenvalue weighted by atomic mass is 19.1. The second-order valence-electron chi connectivity index (χ2n) is 3.29. The Morgan fingerprint density at radius 2 is 2.00 bits per heavy atom. The largest absolute Gasteiger partial charge is 0.465 e. The summed E-state index contributed by atoms with van der Waals surface area (Å²) < 4.78 is 17.9. The van der Waals surface area contributed by atoms with Crippen LogP contribution in [0, 0.1) is 12.7 Å². The van der Waals surface area contributed by atoms with Crippen molar-refractivity contribution in [3.05, 3.63) is 29.1 Å². The zero-order valence-corrected chi connectivity index (χ0v) is 9.26. The first-order valence-corrected chi connectivity index (χ1v) is 4.62. The Morgan fingerprint density at radius 1 is 1.38 bits per heavy atom. The lowest BCUT2D eigenvalue weighted by Crippen LogP contribution is -2.15. The molecule has 0 aromatic heterocycles. The van der Waals surface area contributed by atoms with Crippen molar-refractivity contribution >= 4 is 17.6 Å². The normalized spacial score (nSPS) is 9.75. The van der Waals surface area contributed by atoms with Gasteiger partial charge in [0.2, 0.25) is 5.91 Å². The van der Waals surface area contributed by atoms with Crippen molar-refractivity contribution in [3.8, 4) is 0 Å². The van der Waals surface area contributed by atoms with Gasteiger partial charge < -0.3 is 10.1 Å². The third-order valence-electron chi connectivity index (χ3n) is 2.05. The van der Waals surface area contributed by atoms with E-state index in [4.69, 9.17) is 0 Å². The van der Waals surface area contributed by atoms with Crippen molar-refractivity contribution in [1.82, 2.24) is 0 Å². The second-order valence-corrected chi connectivity index (χ2v) is 3.29. The summed E-state index contributed by atoms with van der Waals surface area (Å²) in [5.41, 5.74) is 0.494. The summed E-state index contributed by atoms with van der Waals surface area (Å²) >= 11 is 0. The lowest BCUT2D eigenvalue weighted by Gasteiger charge is -2.12. The zero-order chi connectivity index (χ0) is 12.3. The summed E-state index contributed by atoms with van der Waals surface area (Å²) in [6.07, 6.45) is 0. The molecule has 1 aromatic rings. The van der Waals surface area contributed by atoms with E-state index in [1.54, 1.807) is 6.92 Å². The van der Waals surface area contributed by atoms with Crippen LogP contribution in [0.2, 0.25) is 0 Å². The molecule has 1 amide bonds. The van der Waals surface area contributed by atoms with Crippen LogP contribution in [-0.4, -0.2) is 19.0 Å². The van der Waals surface area contributed by atoms with Crippen LogP contribution in [0.5, 0.6) is 0 Å². The summed E-state index contributed by atoms with van der Waals surface area (Å²) in [5.74, 6) is -1.91. The molecule has 0 unspecified atom stereocenters. The molecule has 0 fully saturated rings. The highest BCUT2D eigenvalue weighted by molar-refractivity contribution is 6.01. The van der Waals surface area contributed by atoms with E-state index in [9.17, 15) is 14.0 Å². The molecule has 1 rings (SSSR count). The fraction of sp³-hybridized carbons (Fsp3) is 0.273. The number of esters is 1. The average Bonchev–Trinajstić information content (AvgIpc) is 2.22. The van der Waals surface area contributed by atoms with Crippen LogP contribution >= 0.6 is 0 Å². The number of rotatable bonds is 2. The molecule has 0 aliphatic heterocycles. The molecule has 0 atom stereocenters. The SMILES string of the molecule is COC(=O)c1c(F)ccc(C)c1NC(C)=O. The number of ether oxygens (including phenoxy) is 1. The first-order valence-electron chi connectivity index (χ1n) is 4.62. The standard InChI is InChI=1S/C11H12FNO3/c1-6-4-5-8(12)9(11(15)16-3)10(6)13-7(2)14/h4-5H,1-3H3,(H,13,14). The number of hydrogen-bond donors (Lipinski definition) is 1. The van der Waals surface area contributed by atoms with Crippen molar-refractivity contribution in [2.24, 2.45) is 0 Å². The van der Waals surface area contributed by atoms with Gasteiger partial charge in [-0.1, -0.05) is 6.07 Å².